The molecule has 51 valence electrons. The normalized spacial score (nSPS) is 4.50. The molecule has 0 aliphatic rings. The third-order valence-corrected chi connectivity index (χ3v) is 0. The first kappa shape index (κ1) is 23.2. The summed E-state index contributed by atoms with van der Waals surface area (Å²) < 4.78 is 0. The fraction of sp³-hybridized carbons (Fsp3) is 0.667. The van der Waals surface area contributed by atoms with E-state index in [0.29, 0.717) is 0 Å². The molecule has 0 bridgehead atoms. The van der Waals surface area contributed by atoms with Crippen molar-refractivity contribution in [1.82, 2.24) is 0 Å². The van der Waals surface area contributed by atoms with Crippen LogP contribution >= 0.6 is 0 Å². The Morgan fingerprint density at radius 3 is 1.00 bits per heavy atom. The van der Waals surface area contributed by atoms with Crippen LogP contribution in [0.1, 0.15) is 26.7 Å². The molecule has 0 N–H and O–H groups in total. The lowest BCUT2D eigenvalue weighted by Gasteiger charge is -1.62. The van der Waals surface area contributed by atoms with Gasteiger partial charge in [0.25, 0.3) is 0 Å². The summed E-state index contributed by atoms with van der Waals surface area (Å²) in [4.78, 5) is 0. The maximum atomic E-state index is 3.49. The summed E-state index contributed by atoms with van der Waals surface area (Å²) in [6.45, 7) is 11.0. The molecule has 0 aromatic rings. The van der Waals surface area contributed by atoms with Gasteiger partial charge in [-0.25, -0.2) is 0 Å². The molecule has 0 spiro atoms. The maximum Gasteiger partial charge on any atom is 0 e. The summed E-state index contributed by atoms with van der Waals surface area (Å²) in [5, 5.41) is 0. The van der Waals surface area contributed by atoms with Gasteiger partial charge in [0, 0.05) is 17.4 Å². The lowest BCUT2D eigenvalue weighted by atomic mass is 10.6. The van der Waals surface area contributed by atoms with E-state index < -0.39 is 0 Å². The Morgan fingerprint density at radius 2 is 1.00 bits per heavy atom. The van der Waals surface area contributed by atoms with Crippen LogP contribution in [0.15, 0.2) is 0 Å². The largest absolute Gasteiger partial charge is 1.00 e. The van der Waals surface area contributed by atoms with Gasteiger partial charge >= 0.3 is 0 Å². The second kappa shape index (κ2) is 45.7. The Labute approximate surface area is 70.6 Å². The first-order chi connectivity index (χ1) is 2.83. The van der Waals surface area contributed by atoms with Crippen LogP contribution in [-0.2, 0) is 0 Å². The van der Waals surface area contributed by atoms with E-state index in [1.807, 2.05) is 13.8 Å². The van der Waals surface area contributed by atoms with Gasteiger partial charge in [-0.05, 0) is 0 Å². The monoisotopic (exact) mass is 148 g/mol. The van der Waals surface area contributed by atoms with Crippen molar-refractivity contribution >= 4 is 17.4 Å². The predicted octanol–water partition coefficient (Wildman–Crippen LogP) is -0.916. The van der Waals surface area contributed by atoms with Crippen molar-refractivity contribution in [3.63, 3.8) is 0 Å². The first-order valence-electron chi connectivity index (χ1n) is 2.41. The van der Waals surface area contributed by atoms with Gasteiger partial charge in [0.15, 0.2) is 0 Å². The van der Waals surface area contributed by atoms with E-state index in [9.17, 15) is 0 Å². The molecule has 0 fully saturated rings. The highest BCUT2D eigenvalue weighted by molar-refractivity contribution is 5.75. The van der Waals surface area contributed by atoms with E-state index >= 15 is 0 Å². The topological polar surface area (TPSA) is 0 Å². The van der Waals surface area contributed by atoms with Crippen LogP contribution in [0.5, 0.6) is 0 Å². The van der Waals surface area contributed by atoms with Crippen LogP contribution in [0.25, 0.3) is 0 Å². The number of rotatable bonds is 0. The molecular weight excluding hydrogens is 135 g/mol. The van der Waals surface area contributed by atoms with Crippen molar-refractivity contribution in [2.24, 2.45) is 0 Å². The number of hydrogen-bond acceptors (Lipinski definition) is 0. The Hall–Kier alpha value is 0.822. The molecule has 0 saturated heterocycles. The summed E-state index contributed by atoms with van der Waals surface area (Å²) in [5.74, 6) is 0. The van der Waals surface area contributed by atoms with Crippen LogP contribution in [-0.4, -0.2) is 17.4 Å². The van der Waals surface area contributed by atoms with E-state index in [1.54, 1.807) is 0 Å². The van der Waals surface area contributed by atoms with Crippen LogP contribution in [0, 0.1) is 13.8 Å². The quantitative estimate of drug-likeness (QED) is 0.308. The molecule has 0 heterocycles. The molecule has 3 radical (unpaired) electrons. The number of halogens is 1. The van der Waals surface area contributed by atoms with E-state index in [1.165, 1.54) is 0 Å². The summed E-state index contributed by atoms with van der Waals surface area (Å²) in [7, 11) is 0. The van der Waals surface area contributed by atoms with Gasteiger partial charge in [-0.1, -0.05) is 13.8 Å². The van der Waals surface area contributed by atoms with E-state index in [4.69, 9.17) is 0 Å². The predicted molar refractivity (Wildman–Crippen MR) is 37.0 cm³/mol. The Kier molecular flexibility index (Phi) is 133. The van der Waals surface area contributed by atoms with Crippen molar-refractivity contribution in [2.75, 3.05) is 0 Å². The Morgan fingerprint density at radius 1 is 1.00 bits per heavy atom. The molecule has 0 nitrogen and oxygen atoms in total. The minimum Gasteiger partial charge on any atom is -1.00 e. The average Bonchev–Trinajstić information content (AvgIpc) is 1.39. The van der Waals surface area contributed by atoms with Gasteiger partial charge in [-0.3, -0.25) is 0 Å². The van der Waals surface area contributed by atoms with Crippen LogP contribution in [0.3, 0.4) is 0 Å². The van der Waals surface area contributed by atoms with Gasteiger partial charge in [-0.2, -0.15) is 12.8 Å². The van der Waals surface area contributed by atoms with Gasteiger partial charge in [0.1, 0.15) is 0 Å². The molecule has 0 rings (SSSR count). The smallest absolute Gasteiger partial charge is 0 e. The molecule has 0 atom stereocenters. The molecule has 8 heavy (non-hydrogen) atoms. The van der Waals surface area contributed by atoms with Crippen molar-refractivity contribution in [3.8, 4) is 0 Å². The Bertz CT molecular complexity index is 10.5. The Balaban J connectivity index is -0.0000000160. The van der Waals surface area contributed by atoms with E-state index in [0.717, 1.165) is 12.8 Å². The van der Waals surface area contributed by atoms with Gasteiger partial charge in [-0.15, -0.1) is 0 Å². The lowest BCUT2D eigenvalue weighted by Crippen LogP contribution is -3.00. The van der Waals surface area contributed by atoms with Gasteiger partial charge < -0.3 is 26.3 Å². The standard InChI is InChI=1S/2C3H7.Al.ClH/c2*1-3-2;;/h2*1,3H2,2H3;;1H/q2*-1;;/p-1. The van der Waals surface area contributed by atoms with Crippen molar-refractivity contribution in [1.29, 1.82) is 0 Å². The molecule has 0 aliphatic heterocycles. The molecule has 0 saturated carbocycles. The summed E-state index contributed by atoms with van der Waals surface area (Å²) in [6, 6.07) is 0. The fourth-order valence-corrected chi connectivity index (χ4v) is 0. The molecule has 0 amide bonds. The first-order valence-corrected chi connectivity index (χ1v) is 2.41. The van der Waals surface area contributed by atoms with Crippen LogP contribution < -0.4 is 12.4 Å². The van der Waals surface area contributed by atoms with E-state index in [-0.39, 0.29) is 29.8 Å². The summed E-state index contributed by atoms with van der Waals surface area (Å²) in [5.41, 5.74) is 0. The molecule has 0 aromatic heterocycles. The average molecular weight is 149 g/mol. The number of hydrogen-bond donors (Lipinski definition) is 0. The van der Waals surface area contributed by atoms with Crippen molar-refractivity contribution in [3.05, 3.63) is 13.8 Å². The third kappa shape index (κ3) is 342. The minimum atomic E-state index is 0. The van der Waals surface area contributed by atoms with Gasteiger partial charge in [0.2, 0.25) is 0 Å². The molecule has 0 unspecified atom stereocenters. The highest BCUT2D eigenvalue weighted by Gasteiger charge is 1.22. The second-order valence-corrected chi connectivity index (χ2v) is 1.000. The SMILES string of the molecule is [Al].[CH2-]CC.[CH2-]CC.[Cl-]. The molecule has 2 heteroatoms. The molecule has 0 aromatic carbocycles. The molecule has 0 aliphatic carbocycles. The van der Waals surface area contributed by atoms with Crippen molar-refractivity contribution < 1.29 is 12.4 Å². The third-order valence-electron chi connectivity index (χ3n) is 0. The summed E-state index contributed by atoms with van der Waals surface area (Å²) >= 11 is 0. The zero-order chi connectivity index (χ0) is 5.41. The highest BCUT2D eigenvalue weighted by atomic mass is 35.5. The minimum absolute atomic E-state index is 0. The zero-order valence-electron chi connectivity index (χ0n) is 5.78. The highest BCUT2D eigenvalue weighted by Crippen LogP contribution is 1.55. The van der Waals surface area contributed by atoms with E-state index in [2.05, 4.69) is 13.8 Å². The van der Waals surface area contributed by atoms with Crippen LogP contribution in [0.4, 0.5) is 0 Å². The zero-order valence-corrected chi connectivity index (χ0v) is 7.69. The van der Waals surface area contributed by atoms with Crippen LogP contribution in [0.2, 0.25) is 0 Å². The van der Waals surface area contributed by atoms with Gasteiger partial charge in [0.05, 0.1) is 0 Å². The fourth-order valence-electron chi connectivity index (χ4n) is 0. The lowest BCUT2D eigenvalue weighted by molar-refractivity contribution is -0.00000168. The maximum absolute atomic E-state index is 3.49. The molecular formula is C6H14AlCl-3. The summed E-state index contributed by atoms with van der Waals surface area (Å²) in [6.07, 6.45) is 2.00. The second-order valence-electron chi connectivity index (χ2n) is 1.000. The van der Waals surface area contributed by atoms with Crippen molar-refractivity contribution in [2.45, 2.75) is 26.7 Å².